The van der Waals surface area contributed by atoms with Gasteiger partial charge in [-0.1, -0.05) is 103 Å². The number of carbonyl (C=O) groups excluding carboxylic acids is 2. The number of nitrogens with zero attached hydrogens (tertiary/aromatic N) is 1. The van der Waals surface area contributed by atoms with Crippen molar-refractivity contribution in [3.63, 3.8) is 0 Å². The fourth-order valence-corrected chi connectivity index (χ4v) is 4.83. The molecule has 8 heteroatoms. The van der Waals surface area contributed by atoms with E-state index in [2.05, 4.69) is 5.32 Å². The van der Waals surface area contributed by atoms with Gasteiger partial charge in [0.25, 0.3) is 0 Å². The molecule has 1 atom stereocenters. The lowest BCUT2D eigenvalue weighted by molar-refractivity contribution is -0.140. The molecule has 0 heterocycles. The first-order chi connectivity index (χ1) is 17.2. The van der Waals surface area contributed by atoms with E-state index in [-0.39, 0.29) is 30.7 Å². The minimum Gasteiger partial charge on any atom is -0.354 e. The minimum absolute atomic E-state index is 0.0476. The van der Waals surface area contributed by atoms with Crippen LogP contribution in [-0.2, 0) is 29.0 Å². The number of amides is 2. The summed E-state index contributed by atoms with van der Waals surface area (Å²) >= 11 is 25.7. The van der Waals surface area contributed by atoms with Crippen molar-refractivity contribution < 1.29 is 9.59 Å². The number of hydrogen-bond donors (Lipinski definition) is 1. The number of halogens is 4. The molecule has 4 nitrogen and oxygen atoms in total. The lowest BCUT2D eigenvalue weighted by atomic mass is 10.0. The molecule has 3 aromatic carbocycles. The summed E-state index contributed by atoms with van der Waals surface area (Å²) in [6.45, 7) is 4.55. The van der Waals surface area contributed by atoms with Crippen LogP contribution in [0.5, 0.6) is 0 Å². The van der Waals surface area contributed by atoms with E-state index in [0.717, 1.165) is 5.56 Å². The van der Waals surface area contributed by atoms with Crippen molar-refractivity contribution in [1.82, 2.24) is 10.2 Å². The van der Waals surface area contributed by atoms with Crippen molar-refractivity contribution in [1.29, 1.82) is 0 Å². The van der Waals surface area contributed by atoms with Crippen LogP contribution in [0.3, 0.4) is 0 Å². The summed E-state index contributed by atoms with van der Waals surface area (Å²) in [7, 11) is 0. The van der Waals surface area contributed by atoms with E-state index in [4.69, 9.17) is 46.4 Å². The summed E-state index contributed by atoms with van der Waals surface area (Å²) in [6.07, 6.45) is 0.234. The first kappa shape index (κ1) is 28.3. The van der Waals surface area contributed by atoms with Crippen LogP contribution in [0.4, 0.5) is 0 Å². The molecule has 190 valence electrons. The SMILES string of the molecule is CC(C)CNC(=O)[C@@H](Cc1ccccc1)N(Cc1c(Cl)cccc1Cl)C(=O)Cc1c(Cl)cccc1Cl. The van der Waals surface area contributed by atoms with Crippen molar-refractivity contribution in [2.75, 3.05) is 6.54 Å². The van der Waals surface area contributed by atoms with Gasteiger partial charge >= 0.3 is 0 Å². The summed E-state index contributed by atoms with van der Waals surface area (Å²) in [6, 6.07) is 19.0. The first-order valence-electron chi connectivity index (χ1n) is 11.6. The van der Waals surface area contributed by atoms with Gasteiger partial charge in [-0.05, 0) is 41.3 Å². The first-order valence-corrected chi connectivity index (χ1v) is 13.2. The molecule has 0 unspecified atom stereocenters. The minimum atomic E-state index is -0.813. The van der Waals surface area contributed by atoms with Crippen LogP contribution in [0.2, 0.25) is 20.1 Å². The third kappa shape index (κ3) is 7.63. The van der Waals surface area contributed by atoms with Gasteiger partial charge in [0.2, 0.25) is 11.8 Å². The van der Waals surface area contributed by atoms with Crippen LogP contribution in [0.1, 0.15) is 30.5 Å². The zero-order valence-corrected chi connectivity index (χ0v) is 23.1. The molecular formula is C28H28Cl4N2O2. The van der Waals surface area contributed by atoms with Gasteiger partial charge in [-0.25, -0.2) is 0 Å². The van der Waals surface area contributed by atoms with Gasteiger partial charge in [-0.2, -0.15) is 0 Å². The monoisotopic (exact) mass is 564 g/mol. The van der Waals surface area contributed by atoms with Gasteiger partial charge in [0.05, 0.1) is 6.42 Å². The second-order valence-electron chi connectivity index (χ2n) is 8.94. The number of nitrogens with one attached hydrogen (secondary N) is 1. The molecule has 0 aromatic heterocycles. The normalized spacial score (nSPS) is 11.9. The lowest BCUT2D eigenvalue weighted by Gasteiger charge is -2.32. The second-order valence-corrected chi connectivity index (χ2v) is 10.6. The molecule has 0 fully saturated rings. The molecule has 2 amide bonds. The van der Waals surface area contributed by atoms with Gasteiger partial charge in [0.1, 0.15) is 6.04 Å². The van der Waals surface area contributed by atoms with Crippen molar-refractivity contribution in [3.05, 3.63) is 104 Å². The molecule has 0 radical (unpaired) electrons. The molecule has 0 saturated heterocycles. The molecule has 3 aromatic rings. The predicted molar refractivity (Wildman–Crippen MR) is 149 cm³/mol. The summed E-state index contributed by atoms with van der Waals surface area (Å²) in [5.74, 6) is -0.327. The highest BCUT2D eigenvalue weighted by Gasteiger charge is 2.32. The summed E-state index contributed by atoms with van der Waals surface area (Å²) < 4.78 is 0. The van der Waals surface area contributed by atoms with Crippen LogP contribution in [0.25, 0.3) is 0 Å². The highest BCUT2D eigenvalue weighted by molar-refractivity contribution is 6.36. The topological polar surface area (TPSA) is 49.4 Å². The maximum absolute atomic E-state index is 13.9. The van der Waals surface area contributed by atoms with Gasteiger partial charge < -0.3 is 10.2 Å². The zero-order chi connectivity index (χ0) is 26.2. The van der Waals surface area contributed by atoms with Crippen molar-refractivity contribution in [2.45, 2.75) is 39.3 Å². The molecule has 3 rings (SSSR count). The number of carbonyl (C=O) groups is 2. The van der Waals surface area contributed by atoms with E-state index < -0.39 is 6.04 Å². The van der Waals surface area contributed by atoms with E-state index in [0.29, 0.717) is 44.2 Å². The maximum Gasteiger partial charge on any atom is 0.243 e. The van der Waals surface area contributed by atoms with Crippen molar-refractivity contribution >= 4 is 58.2 Å². The number of benzene rings is 3. The molecular weight excluding hydrogens is 538 g/mol. The highest BCUT2D eigenvalue weighted by atomic mass is 35.5. The van der Waals surface area contributed by atoms with Gasteiger partial charge in [-0.3, -0.25) is 9.59 Å². The zero-order valence-electron chi connectivity index (χ0n) is 20.1. The molecule has 0 aliphatic rings. The smallest absolute Gasteiger partial charge is 0.243 e. The van der Waals surface area contributed by atoms with Crippen molar-refractivity contribution in [3.8, 4) is 0 Å². The Morgan fingerprint density at radius 3 is 1.83 bits per heavy atom. The van der Waals surface area contributed by atoms with Crippen molar-refractivity contribution in [2.24, 2.45) is 5.92 Å². The van der Waals surface area contributed by atoms with Gasteiger partial charge in [-0.15, -0.1) is 0 Å². The Labute approximate surface area is 232 Å². The molecule has 36 heavy (non-hydrogen) atoms. The second kappa shape index (κ2) is 13.3. The Balaban J connectivity index is 2.04. The van der Waals surface area contributed by atoms with Gasteiger partial charge in [0.15, 0.2) is 0 Å². The molecule has 0 bridgehead atoms. The van der Waals surface area contributed by atoms with Crippen LogP contribution >= 0.6 is 46.4 Å². The van der Waals surface area contributed by atoms with Crippen LogP contribution in [0, 0.1) is 5.92 Å². The highest BCUT2D eigenvalue weighted by Crippen LogP contribution is 2.29. The van der Waals surface area contributed by atoms with Gasteiger partial charge in [0, 0.05) is 45.2 Å². The maximum atomic E-state index is 13.9. The summed E-state index contributed by atoms with van der Waals surface area (Å²) in [4.78, 5) is 28.9. The third-order valence-corrected chi connectivity index (χ3v) is 7.15. The van der Waals surface area contributed by atoms with E-state index in [1.165, 1.54) is 4.90 Å². The Bertz CT molecular complexity index is 1160. The fraction of sp³-hybridized carbons (Fsp3) is 0.286. The average molecular weight is 566 g/mol. The third-order valence-electron chi connectivity index (χ3n) is 5.74. The van der Waals surface area contributed by atoms with Crippen LogP contribution in [-0.4, -0.2) is 29.3 Å². The standard InChI is InChI=1S/C28H28Cl4N2O2/c1-18(2)16-33-28(36)26(14-19-8-4-3-5-9-19)34(17-21-24(31)12-7-13-25(21)32)27(35)15-20-22(29)10-6-11-23(20)30/h3-13,18,26H,14-17H2,1-2H3,(H,33,36)/t26-/m1/s1. The largest absolute Gasteiger partial charge is 0.354 e. The fourth-order valence-electron chi connectivity index (χ4n) is 3.78. The Hall–Kier alpha value is -2.24. The molecule has 1 N–H and O–H groups in total. The van der Waals surface area contributed by atoms with E-state index >= 15 is 0 Å². The molecule has 0 saturated carbocycles. The number of hydrogen-bond acceptors (Lipinski definition) is 2. The summed E-state index contributed by atoms with van der Waals surface area (Å²) in [5, 5.41) is 4.59. The predicted octanol–water partition coefficient (Wildman–Crippen LogP) is 7.26. The summed E-state index contributed by atoms with van der Waals surface area (Å²) in [5.41, 5.74) is 1.98. The molecule has 0 aliphatic carbocycles. The Morgan fingerprint density at radius 1 is 0.778 bits per heavy atom. The average Bonchev–Trinajstić information content (AvgIpc) is 2.84. The van der Waals surface area contributed by atoms with E-state index in [1.807, 2.05) is 44.2 Å². The number of rotatable bonds is 10. The van der Waals surface area contributed by atoms with E-state index in [1.54, 1.807) is 36.4 Å². The lowest BCUT2D eigenvalue weighted by Crippen LogP contribution is -2.51. The molecule has 0 spiro atoms. The molecule has 0 aliphatic heterocycles. The quantitative estimate of drug-likeness (QED) is 0.281. The van der Waals surface area contributed by atoms with E-state index in [9.17, 15) is 9.59 Å². The van der Waals surface area contributed by atoms with Crippen LogP contribution < -0.4 is 5.32 Å². The Kier molecular flexibility index (Phi) is 10.5. The van der Waals surface area contributed by atoms with Crippen LogP contribution in [0.15, 0.2) is 66.7 Å². The Morgan fingerprint density at radius 2 is 1.31 bits per heavy atom.